The van der Waals surface area contributed by atoms with Crippen molar-refractivity contribution in [3.8, 4) is 0 Å². The summed E-state index contributed by atoms with van der Waals surface area (Å²) in [5, 5.41) is 6.06. The van der Waals surface area contributed by atoms with E-state index in [2.05, 4.69) is 10.6 Å². The number of anilines is 2. The SMILES string of the molecule is CC(c1ccccc1)C1Nc2cocc2NC1=O. The Morgan fingerprint density at radius 3 is 2.67 bits per heavy atom. The number of furan rings is 1. The highest BCUT2D eigenvalue weighted by Gasteiger charge is 2.31. The first-order valence-electron chi connectivity index (χ1n) is 5.94. The highest BCUT2D eigenvalue weighted by Crippen LogP contribution is 2.32. The van der Waals surface area contributed by atoms with Gasteiger partial charge >= 0.3 is 0 Å². The number of hydrogen-bond donors (Lipinski definition) is 2. The molecular weight excluding hydrogens is 228 g/mol. The Morgan fingerprint density at radius 2 is 1.89 bits per heavy atom. The van der Waals surface area contributed by atoms with Crippen LogP contribution in [0.25, 0.3) is 0 Å². The molecule has 1 aliphatic rings. The summed E-state index contributed by atoms with van der Waals surface area (Å²) in [6, 6.07) is 9.72. The molecule has 4 heteroatoms. The molecule has 0 saturated heterocycles. The van der Waals surface area contributed by atoms with E-state index < -0.39 is 0 Å². The van der Waals surface area contributed by atoms with E-state index in [-0.39, 0.29) is 17.9 Å². The van der Waals surface area contributed by atoms with Crippen LogP contribution >= 0.6 is 0 Å². The van der Waals surface area contributed by atoms with Crippen molar-refractivity contribution in [2.24, 2.45) is 0 Å². The average molecular weight is 242 g/mol. The van der Waals surface area contributed by atoms with Gasteiger partial charge in [-0.2, -0.15) is 0 Å². The number of carbonyl (C=O) groups is 1. The summed E-state index contributed by atoms with van der Waals surface area (Å²) in [5.74, 6) is 0.0644. The van der Waals surface area contributed by atoms with E-state index in [1.165, 1.54) is 6.26 Å². The molecular formula is C14H14N2O2. The summed E-state index contributed by atoms with van der Waals surface area (Å²) in [5.41, 5.74) is 2.68. The molecule has 0 fully saturated rings. The molecule has 2 unspecified atom stereocenters. The zero-order valence-electron chi connectivity index (χ0n) is 10.0. The fraction of sp³-hybridized carbons (Fsp3) is 0.214. The van der Waals surface area contributed by atoms with Crippen LogP contribution in [0.5, 0.6) is 0 Å². The predicted molar refractivity (Wildman–Crippen MR) is 69.6 cm³/mol. The van der Waals surface area contributed by atoms with E-state index in [1.807, 2.05) is 37.3 Å². The number of rotatable bonds is 2. The summed E-state index contributed by atoms with van der Waals surface area (Å²) >= 11 is 0. The van der Waals surface area contributed by atoms with E-state index in [0.717, 1.165) is 11.3 Å². The Balaban J connectivity index is 1.87. The zero-order chi connectivity index (χ0) is 12.5. The van der Waals surface area contributed by atoms with Crippen molar-refractivity contribution in [2.75, 3.05) is 10.6 Å². The first kappa shape index (κ1) is 10.9. The van der Waals surface area contributed by atoms with Crippen molar-refractivity contribution in [1.82, 2.24) is 0 Å². The highest BCUT2D eigenvalue weighted by molar-refractivity contribution is 6.03. The Morgan fingerprint density at radius 1 is 1.17 bits per heavy atom. The molecule has 2 aromatic rings. The van der Waals surface area contributed by atoms with E-state index in [4.69, 9.17) is 4.42 Å². The van der Waals surface area contributed by atoms with Crippen LogP contribution in [0.3, 0.4) is 0 Å². The Hall–Kier alpha value is -2.23. The van der Waals surface area contributed by atoms with E-state index in [9.17, 15) is 4.79 Å². The lowest BCUT2D eigenvalue weighted by molar-refractivity contribution is -0.117. The number of benzene rings is 1. The minimum Gasteiger partial charge on any atom is -0.468 e. The lowest BCUT2D eigenvalue weighted by Crippen LogP contribution is -2.41. The molecule has 0 radical (unpaired) electrons. The second-order valence-corrected chi connectivity index (χ2v) is 4.51. The van der Waals surface area contributed by atoms with Gasteiger partial charge in [0, 0.05) is 5.92 Å². The van der Waals surface area contributed by atoms with Crippen LogP contribution in [-0.2, 0) is 4.79 Å². The van der Waals surface area contributed by atoms with E-state index in [0.29, 0.717) is 5.69 Å². The van der Waals surface area contributed by atoms with Crippen molar-refractivity contribution >= 4 is 17.3 Å². The van der Waals surface area contributed by atoms with Crippen molar-refractivity contribution in [2.45, 2.75) is 18.9 Å². The molecule has 2 atom stereocenters. The molecule has 3 rings (SSSR count). The number of nitrogens with one attached hydrogen (secondary N) is 2. The van der Waals surface area contributed by atoms with Crippen LogP contribution in [0.15, 0.2) is 47.3 Å². The van der Waals surface area contributed by atoms with Crippen LogP contribution in [0, 0.1) is 0 Å². The first-order chi connectivity index (χ1) is 8.75. The molecule has 2 heterocycles. The molecule has 0 spiro atoms. The van der Waals surface area contributed by atoms with Gasteiger partial charge in [-0.25, -0.2) is 0 Å². The summed E-state index contributed by atoms with van der Waals surface area (Å²) in [6.07, 6.45) is 3.14. The molecule has 1 amide bonds. The van der Waals surface area contributed by atoms with Gasteiger partial charge < -0.3 is 15.1 Å². The van der Waals surface area contributed by atoms with Crippen molar-refractivity contribution in [1.29, 1.82) is 0 Å². The first-order valence-corrected chi connectivity index (χ1v) is 5.94. The van der Waals surface area contributed by atoms with Gasteiger partial charge in [-0.15, -0.1) is 0 Å². The maximum Gasteiger partial charge on any atom is 0.247 e. The van der Waals surface area contributed by atoms with Gasteiger partial charge in [0.05, 0.1) is 5.69 Å². The fourth-order valence-electron chi connectivity index (χ4n) is 2.25. The standard InChI is InChI=1S/C14H14N2O2/c1-9(10-5-3-2-4-6-10)13-14(17)16-12-8-18-7-11(12)15-13/h2-9,13,15H,1H3,(H,16,17). The molecule has 1 aliphatic heterocycles. The van der Waals surface area contributed by atoms with Crippen LogP contribution in [0.2, 0.25) is 0 Å². The van der Waals surface area contributed by atoms with E-state index in [1.54, 1.807) is 6.26 Å². The molecule has 0 saturated carbocycles. The Kier molecular flexibility index (Phi) is 2.55. The second kappa shape index (κ2) is 4.22. The van der Waals surface area contributed by atoms with Crippen LogP contribution in [-0.4, -0.2) is 11.9 Å². The van der Waals surface area contributed by atoms with Gasteiger partial charge in [0.2, 0.25) is 5.91 Å². The largest absolute Gasteiger partial charge is 0.468 e. The zero-order valence-corrected chi connectivity index (χ0v) is 10.0. The maximum absolute atomic E-state index is 12.1. The van der Waals surface area contributed by atoms with Crippen molar-refractivity contribution in [3.63, 3.8) is 0 Å². The predicted octanol–water partition coefficient (Wildman–Crippen LogP) is 2.82. The van der Waals surface area contributed by atoms with Gasteiger partial charge in [0.1, 0.15) is 24.3 Å². The molecule has 0 aliphatic carbocycles. The smallest absolute Gasteiger partial charge is 0.247 e. The van der Waals surface area contributed by atoms with Gasteiger partial charge in [0.15, 0.2) is 0 Å². The molecule has 92 valence electrons. The molecule has 4 nitrogen and oxygen atoms in total. The number of amides is 1. The quantitative estimate of drug-likeness (QED) is 0.851. The molecule has 1 aromatic carbocycles. The van der Waals surface area contributed by atoms with Crippen molar-refractivity contribution < 1.29 is 9.21 Å². The number of hydrogen-bond acceptors (Lipinski definition) is 3. The normalized spacial score (nSPS) is 19.6. The van der Waals surface area contributed by atoms with Crippen LogP contribution < -0.4 is 10.6 Å². The van der Waals surface area contributed by atoms with Crippen LogP contribution in [0.1, 0.15) is 18.4 Å². The highest BCUT2D eigenvalue weighted by atomic mass is 16.3. The molecule has 1 aromatic heterocycles. The maximum atomic E-state index is 12.1. The molecule has 2 N–H and O–H groups in total. The topological polar surface area (TPSA) is 54.3 Å². The van der Waals surface area contributed by atoms with Crippen molar-refractivity contribution in [3.05, 3.63) is 48.4 Å². The number of fused-ring (bicyclic) bond motifs is 1. The summed E-state index contributed by atoms with van der Waals surface area (Å²) in [6.45, 7) is 2.04. The number of carbonyl (C=O) groups excluding carboxylic acids is 1. The van der Waals surface area contributed by atoms with Gasteiger partial charge in [-0.05, 0) is 5.56 Å². The molecule has 0 bridgehead atoms. The van der Waals surface area contributed by atoms with Gasteiger partial charge in [0.25, 0.3) is 0 Å². The third kappa shape index (κ3) is 1.76. The minimum absolute atomic E-state index is 0.0275. The third-order valence-electron chi connectivity index (χ3n) is 3.34. The third-order valence-corrected chi connectivity index (χ3v) is 3.34. The Bertz CT molecular complexity index is 562. The van der Waals surface area contributed by atoms with Gasteiger partial charge in [-0.3, -0.25) is 4.79 Å². The lowest BCUT2D eigenvalue weighted by Gasteiger charge is -2.28. The lowest BCUT2D eigenvalue weighted by atomic mass is 9.91. The minimum atomic E-state index is -0.280. The second-order valence-electron chi connectivity index (χ2n) is 4.51. The Labute approximate surface area is 105 Å². The fourth-order valence-corrected chi connectivity index (χ4v) is 2.25. The molecule has 18 heavy (non-hydrogen) atoms. The summed E-state index contributed by atoms with van der Waals surface area (Å²) < 4.78 is 5.07. The van der Waals surface area contributed by atoms with Crippen LogP contribution in [0.4, 0.5) is 11.4 Å². The monoisotopic (exact) mass is 242 g/mol. The van der Waals surface area contributed by atoms with Gasteiger partial charge in [-0.1, -0.05) is 37.3 Å². The van der Waals surface area contributed by atoms with E-state index >= 15 is 0 Å². The average Bonchev–Trinajstić information content (AvgIpc) is 2.85. The summed E-state index contributed by atoms with van der Waals surface area (Å²) in [7, 11) is 0. The summed E-state index contributed by atoms with van der Waals surface area (Å²) in [4.78, 5) is 12.1.